The van der Waals surface area contributed by atoms with Crippen LogP contribution in [0.25, 0.3) is 0 Å². The van der Waals surface area contributed by atoms with E-state index >= 15 is 0 Å². The molecule has 0 rings (SSSR count). The van der Waals surface area contributed by atoms with Gasteiger partial charge in [-0.2, -0.15) is 0 Å². The van der Waals surface area contributed by atoms with Crippen molar-refractivity contribution in [2.24, 2.45) is 0 Å². The zero-order valence-electron chi connectivity index (χ0n) is 53.5. The van der Waals surface area contributed by atoms with Crippen LogP contribution < -0.4 is 53.6 Å². The first-order chi connectivity index (χ1) is 29.0. The number of hydrogen-bond acceptors (Lipinski definition) is 6. The molecule has 0 N–H and O–H groups in total. The normalized spacial score (nSPS) is 12.9. The fourth-order valence-corrected chi connectivity index (χ4v) is 36.0. The molecule has 0 aliphatic carbocycles. The summed E-state index contributed by atoms with van der Waals surface area (Å²) < 4.78 is 0. The second kappa shape index (κ2) is 42.1. The zero-order valence-corrected chi connectivity index (χ0v) is 67.4. The van der Waals surface area contributed by atoms with Gasteiger partial charge in [-0.1, -0.05) is 349 Å². The van der Waals surface area contributed by atoms with E-state index in [9.17, 15) is 28.8 Å². The van der Waals surface area contributed by atoms with Gasteiger partial charge in [0.15, 0.2) is 0 Å². The Balaban J connectivity index is -0.0000000763. The second-order valence-corrected chi connectivity index (χ2v) is 56.9. The number of rotatable bonds is 18. The van der Waals surface area contributed by atoms with Crippen LogP contribution in [0.4, 0.5) is 0 Å². The summed E-state index contributed by atoms with van der Waals surface area (Å²) >= 11 is 0. The van der Waals surface area contributed by atoms with Crippen molar-refractivity contribution in [3.8, 4) is 0 Å². The quantitative estimate of drug-likeness (QED) is 0.126. The first-order valence-electron chi connectivity index (χ1n) is 27.2. The molecule has 0 aliphatic heterocycles. The van der Waals surface area contributed by atoms with Gasteiger partial charge >= 0.3 is 0 Å². The molecule has 2 radical (unpaired) electrons. The molecule has 70 heavy (non-hydrogen) atoms. The van der Waals surface area contributed by atoms with Gasteiger partial charge in [-0.15, -0.1) is 0 Å². The minimum absolute atomic E-state index is 0. The predicted molar refractivity (Wildman–Crippen MR) is 306 cm³/mol. The maximum Gasteiger partial charge on any atom is 0 e. The molecule has 0 bridgehead atoms. The Bertz CT molecular complexity index is 841. The van der Waals surface area contributed by atoms with Crippen molar-refractivity contribution in [2.45, 2.75) is 349 Å². The maximum atomic E-state index is 12.3. The summed E-state index contributed by atoms with van der Waals surface area (Å²) in [5, 5.41) is 0. The molecule has 6 nitrogen and oxygen atoms in total. The van der Waals surface area contributed by atoms with Crippen LogP contribution in [-0.4, -0.2) is 49.9 Å². The Morgan fingerprint density at radius 2 is 0.171 bits per heavy atom. The smallest absolute Gasteiger partial charge is 0 e. The predicted octanol–water partition coefficient (Wildman–Crippen LogP) is 9.14. The third-order valence-corrected chi connectivity index (χ3v) is 48.7. The van der Waals surface area contributed by atoms with Crippen molar-refractivity contribution in [3.63, 3.8) is 0 Å². The van der Waals surface area contributed by atoms with Gasteiger partial charge in [0, 0.05) is 44.8 Å². The molecule has 0 aromatic carbocycles. The molecular weight excluding hydrogens is 1350 g/mol. The fourth-order valence-electron chi connectivity index (χ4n) is 12.0. The topological polar surface area (TPSA) is 138 Å². The van der Waals surface area contributed by atoms with Gasteiger partial charge in [0.05, 0.1) is 0 Å². The Labute approximate surface area is 492 Å². The van der Waals surface area contributed by atoms with Crippen LogP contribution in [0.3, 0.4) is 0 Å². The van der Waals surface area contributed by atoms with Crippen LogP contribution in [0.5, 0.6) is 0 Å². The number of hydrogen-bond donors (Lipinski definition) is 0. The van der Waals surface area contributed by atoms with Crippen LogP contribution >= 0.6 is 0 Å². The Kier molecular flexibility index (Phi) is 57.4. The van der Waals surface area contributed by atoms with Crippen LogP contribution in [0.2, 0.25) is 99.7 Å². The summed E-state index contributed by atoms with van der Waals surface area (Å²) in [5.74, 6) is 0. The van der Waals surface area contributed by atoms with Crippen LogP contribution in [0.1, 0.15) is 249 Å². The molecule has 0 aromatic heterocycles. The van der Waals surface area contributed by atoms with Crippen molar-refractivity contribution in [1.82, 2.24) is 0 Å². The summed E-state index contributed by atoms with van der Waals surface area (Å²) in [5.41, 5.74) is 6.54. The van der Waals surface area contributed by atoms with Crippen molar-refractivity contribution in [3.05, 3.63) is 0 Å². The van der Waals surface area contributed by atoms with Crippen LogP contribution in [0.15, 0.2) is 0 Å². The van der Waals surface area contributed by atoms with Gasteiger partial charge in [0.25, 0.3) is 0 Å². The molecule has 434 valence electrons. The van der Waals surface area contributed by atoms with Crippen molar-refractivity contribution < 1.29 is 98.3 Å². The fraction of sp³-hybridized carbons (Fsp3) is 1.00. The molecule has 0 saturated carbocycles. The average molecular weight is 1470 g/mol. The van der Waals surface area contributed by atoms with Gasteiger partial charge in [-0.25, -0.2) is 0 Å². The molecular formula is C54H126Cl2O6Si6Ta2-8. The van der Waals surface area contributed by atoms with Gasteiger partial charge in [0.1, 0.15) is 0 Å². The Morgan fingerprint density at radius 1 is 0.143 bits per heavy atom. The molecule has 0 atom stereocenters. The molecule has 0 aliphatic rings. The molecule has 0 heterocycles. The molecule has 0 fully saturated rings. The van der Waals surface area contributed by atoms with Gasteiger partial charge < -0.3 is 53.6 Å². The summed E-state index contributed by atoms with van der Waals surface area (Å²) in [4.78, 5) is 74.0. The average Bonchev–Trinajstić information content (AvgIpc) is 3.15. The van der Waals surface area contributed by atoms with E-state index in [1.165, 1.54) is 0 Å². The molecule has 0 saturated heterocycles. The number of halogens is 2. The zero-order chi connectivity index (χ0) is 55.4. The summed E-state index contributed by atoms with van der Waals surface area (Å²) in [6, 6.07) is 0. The standard InChI is InChI=1S/6C9H21OSi.2ClH.2Ta/c6*1-7(2)11(10,8(3)4)9(5)6;;;;/h6*7-9H,1-6H3;2*1H;;/q6*-1;;;;/p-2. The van der Waals surface area contributed by atoms with Crippen LogP contribution in [-0.2, 0) is 44.8 Å². The van der Waals surface area contributed by atoms with Crippen molar-refractivity contribution in [1.29, 1.82) is 0 Å². The largest absolute Gasteiger partial charge is 1.00 e. The Morgan fingerprint density at radius 3 is 0.171 bits per heavy atom. The van der Waals surface area contributed by atoms with E-state index in [4.69, 9.17) is 0 Å². The molecule has 0 aromatic rings. The minimum atomic E-state index is -2.23. The molecule has 0 spiro atoms. The summed E-state index contributed by atoms with van der Waals surface area (Å²) in [6.45, 7) is 75.0. The monoisotopic (exact) mass is 1470 g/mol. The summed E-state index contributed by atoms with van der Waals surface area (Å²) in [7, 11) is -13.4. The Hall–Kier alpha value is 3.12. The van der Waals surface area contributed by atoms with E-state index in [1.807, 2.05) is 0 Å². The van der Waals surface area contributed by atoms with Gasteiger partial charge in [-0.05, 0) is 49.9 Å². The third kappa shape index (κ3) is 28.3. The SMILES string of the molecule is CC(C)[Si]([O-])(C(C)C)C(C)C.CC(C)[Si]([O-])(C(C)C)C(C)C.CC(C)[Si]([O-])(C(C)C)C(C)C.CC(C)[Si]([O-])(C(C)C)C(C)C.CC(C)[Si]([O-])(C(C)C)C(C)C.CC(C)[Si]([O-])(C(C)C)C(C)C.[Cl-].[Cl-].[Ta].[Ta]. The van der Waals surface area contributed by atoms with E-state index in [0.717, 1.165) is 0 Å². The third-order valence-electron chi connectivity index (χ3n) is 16.2. The van der Waals surface area contributed by atoms with Crippen LogP contribution in [0, 0.1) is 0 Å². The van der Waals surface area contributed by atoms with E-state index in [-0.39, 0.29) is 69.6 Å². The van der Waals surface area contributed by atoms with Gasteiger partial charge in [0.2, 0.25) is 0 Å². The van der Waals surface area contributed by atoms with Gasteiger partial charge in [-0.3, -0.25) is 0 Å². The molecule has 0 amide bonds. The molecule has 0 unspecified atom stereocenters. The summed E-state index contributed by atoms with van der Waals surface area (Å²) in [6.07, 6.45) is 0. The molecule has 16 heteroatoms. The second-order valence-electron chi connectivity index (χ2n) is 25.9. The van der Waals surface area contributed by atoms with Crippen molar-refractivity contribution >= 4 is 49.9 Å². The first-order valence-corrected chi connectivity index (χ1v) is 40.0. The first kappa shape index (κ1) is 95.5. The van der Waals surface area contributed by atoms with E-state index < -0.39 is 49.9 Å². The minimum Gasteiger partial charge on any atom is -1.00 e. The maximum absolute atomic E-state index is 12.3. The van der Waals surface area contributed by atoms with E-state index in [1.54, 1.807) is 0 Å². The van der Waals surface area contributed by atoms with E-state index in [2.05, 4.69) is 249 Å². The van der Waals surface area contributed by atoms with E-state index in [0.29, 0.717) is 99.7 Å². The van der Waals surface area contributed by atoms with Crippen molar-refractivity contribution in [2.75, 3.05) is 0 Å².